The Labute approximate surface area is 276 Å². The van der Waals surface area contributed by atoms with Crippen LogP contribution in [0.2, 0.25) is 0 Å². The van der Waals surface area contributed by atoms with Crippen LogP contribution in [0.5, 0.6) is 11.5 Å². The van der Waals surface area contributed by atoms with Gasteiger partial charge in [0.25, 0.3) is 0 Å². The molecule has 0 aromatic heterocycles. The Balaban J connectivity index is 0.000000351. The van der Waals surface area contributed by atoms with Gasteiger partial charge in [0.05, 0.1) is 13.2 Å². The number of nitrogens with two attached hydrogens (primary N) is 2. The predicted octanol–water partition coefficient (Wildman–Crippen LogP) is 12.3. The monoisotopic (exact) mass is 616 g/mol. The number of aryl methyl sites for hydroxylation is 1. The van der Waals surface area contributed by atoms with Crippen LogP contribution in [0.25, 0.3) is 11.1 Å². The quantitative estimate of drug-likeness (QED) is 0.0922. The maximum atomic E-state index is 6.07. The van der Waals surface area contributed by atoms with Crippen LogP contribution < -0.4 is 20.9 Å². The highest BCUT2D eigenvalue weighted by Crippen LogP contribution is 2.31. The van der Waals surface area contributed by atoms with E-state index < -0.39 is 0 Å². The number of ether oxygens (including phenoxy) is 2. The molecule has 0 saturated heterocycles. The maximum Gasteiger partial charge on any atom is 0.122 e. The molecule has 4 nitrogen and oxygen atoms in total. The molecule has 0 radical (unpaired) electrons. The Morgan fingerprint density at radius 1 is 0.600 bits per heavy atom. The summed E-state index contributed by atoms with van der Waals surface area (Å²) in [5.41, 5.74) is 18.2. The summed E-state index contributed by atoms with van der Waals surface area (Å²) in [6.45, 7) is 12.3. The van der Waals surface area contributed by atoms with Crippen molar-refractivity contribution in [2.45, 2.75) is 137 Å². The molecule has 0 bridgehead atoms. The zero-order valence-corrected chi connectivity index (χ0v) is 29.3. The fourth-order valence-electron chi connectivity index (χ4n) is 5.69. The van der Waals surface area contributed by atoms with Gasteiger partial charge in [0, 0.05) is 11.4 Å². The SMILES string of the molecule is CCCCCCCCCCCCCCCCOc1ccc(N)cc1C(C)CC.CCOc1ccc(-c2ccc(N)cc2C)cc1. The minimum atomic E-state index is 0.495. The van der Waals surface area contributed by atoms with Gasteiger partial charge in [-0.2, -0.15) is 0 Å². The molecule has 0 heterocycles. The van der Waals surface area contributed by atoms with E-state index in [0.29, 0.717) is 12.5 Å². The maximum absolute atomic E-state index is 6.07. The first kappa shape index (κ1) is 38.0. The number of anilines is 2. The van der Waals surface area contributed by atoms with Crippen LogP contribution in [0.4, 0.5) is 11.4 Å². The molecular weight excluding hydrogens is 552 g/mol. The van der Waals surface area contributed by atoms with Gasteiger partial charge in [-0.25, -0.2) is 0 Å². The zero-order valence-electron chi connectivity index (χ0n) is 29.3. The molecule has 1 atom stereocenters. The van der Waals surface area contributed by atoms with Crippen LogP contribution in [-0.2, 0) is 0 Å². The molecule has 4 N–H and O–H groups in total. The number of benzene rings is 3. The molecule has 0 amide bonds. The van der Waals surface area contributed by atoms with Crippen LogP contribution >= 0.6 is 0 Å². The first-order chi connectivity index (χ1) is 21.9. The summed E-state index contributed by atoms with van der Waals surface area (Å²) in [5, 5.41) is 0. The lowest BCUT2D eigenvalue weighted by molar-refractivity contribution is 0.299. The lowest BCUT2D eigenvalue weighted by Crippen LogP contribution is -2.03. The molecule has 3 aromatic carbocycles. The molecule has 45 heavy (non-hydrogen) atoms. The van der Waals surface area contributed by atoms with Crippen molar-refractivity contribution in [3.8, 4) is 22.6 Å². The smallest absolute Gasteiger partial charge is 0.122 e. The van der Waals surface area contributed by atoms with Gasteiger partial charge in [-0.05, 0) is 97.3 Å². The highest BCUT2D eigenvalue weighted by atomic mass is 16.5. The van der Waals surface area contributed by atoms with Crippen molar-refractivity contribution in [2.75, 3.05) is 24.7 Å². The highest BCUT2D eigenvalue weighted by molar-refractivity contribution is 5.70. The van der Waals surface area contributed by atoms with Gasteiger partial charge in [-0.1, -0.05) is 122 Å². The normalized spacial score (nSPS) is 11.5. The average Bonchev–Trinajstić information content (AvgIpc) is 3.04. The van der Waals surface area contributed by atoms with Gasteiger partial charge in [-0.15, -0.1) is 0 Å². The summed E-state index contributed by atoms with van der Waals surface area (Å²) in [7, 11) is 0. The summed E-state index contributed by atoms with van der Waals surface area (Å²) >= 11 is 0. The molecule has 3 aromatic rings. The molecule has 0 fully saturated rings. The fraction of sp³-hybridized carbons (Fsp3) is 0.561. The van der Waals surface area contributed by atoms with Crippen LogP contribution in [-0.4, -0.2) is 13.2 Å². The highest BCUT2D eigenvalue weighted by Gasteiger charge is 2.11. The van der Waals surface area contributed by atoms with Gasteiger partial charge in [0.15, 0.2) is 0 Å². The van der Waals surface area contributed by atoms with Crippen LogP contribution in [0.1, 0.15) is 141 Å². The molecular formula is C41H64N2O2. The summed E-state index contributed by atoms with van der Waals surface area (Å²) < 4.78 is 11.5. The van der Waals surface area contributed by atoms with E-state index in [1.807, 2.05) is 43.3 Å². The van der Waals surface area contributed by atoms with E-state index in [4.69, 9.17) is 20.9 Å². The van der Waals surface area contributed by atoms with Gasteiger partial charge in [0.2, 0.25) is 0 Å². The topological polar surface area (TPSA) is 70.5 Å². The van der Waals surface area contributed by atoms with Crippen LogP contribution in [0.3, 0.4) is 0 Å². The van der Waals surface area contributed by atoms with E-state index in [-0.39, 0.29) is 0 Å². The molecule has 4 heteroatoms. The minimum Gasteiger partial charge on any atom is -0.494 e. The Hall–Kier alpha value is -3.14. The second-order valence-corrected chi connectivity index (χ2v) is 12.6. The molecule has 0 aliphatic rings. The minimum absolute atomic E-state index is 0.495. The number of hydrogen-bond donors (Lipinski definition) is 2. The van der Waals surface area contributed by atoms with Crippen LogP contribution in [0.15, 0.2) is 60.7 Å². The van der Waals surface area contributed by atoms with E-state index in [2.05, 4.69) is 52.0 Å². The van der Waals surface area contributed by atoms with Crippen molar-refractivity contribution in [3.63, 3.8) is 0 Å². The number of nitrogen functional groups attached to an aromatic ring is 2. The summed E-state index contributed by atoms with van der Waals surface area (Å²) in [6, 6.07) is 20.2. The predicted molar refractivity (Wildman–Crippen MR) is 198 cm³/mol. The third kappa shape index (κ3) is 15.6. The molecule has 0 saturated carbocycles. The van der Waals surface area contributed by atoms with Crippen LogP contribution in [0, 0.1) is 6.92 Å². The molecule has 0 spiro atoms. The van der Waals surface area contributed by atoms with E-state index in [9.17, 15) is 0 Å². The summed E-state index contributed by atoms with van der Waals surface area (Å²) in [4.78, 5) is 0. The molecule has 0 aliphatic carbocycles. The average molecular weight is 617 g/mol. The standard InChI is InChI=1S/C26H47NO.C15H17NO/c1-4-6-7-8-9-10-11-12-13-14-15-16-17-18-21-28-26-20-19-24(27)22-25(26)23(3)5-2;1-3-17-14-7-4-12(5-8-14)15-9-6-13(16)10-11(15)2/h19-20,22-23H,4-18,21,27H2,1-3H3;4-10H,3,16H2,1-2H3. The Bertz CT molecular complexity index is 1170. The van der Waals surface area contributed by atoms with E-state index in [1.165, 1.54) is 106 Å². The van der Waals surface area contributed by atoms with Gasteiger partial charge in [-0.3, -0.25) is 0 Å². The summed E-state index contributed by atoms with van der Waals surface area (Å²) in [5.74, 6) is 2.43. The van der Waals surface area contributed by atoms with E-state index in [1.54, 1.807) is 0 Å². The van der Waals surface area contributed by atoms with Gasteiger partial charge < -0.3 is 20.9 Å². The summed E-state index contributed by atoms with van der Waals surface area (Å²) in [6.07, 6.45) is 20.6. The van der Waals surface area contributed by atoms with Gasteiger partial charge >= 0.3 is 0 Å². The lowest BCUT2D eigenvalue weighted by Gasteiger charge is -2.16. The lowest BCUT2D eigenvalue weighted by atomic mass is 9.97. The second-order valence-electron chi connectivity index (χ2n) is 12.6. The molecule has 3 rings (SSSR count). The fourth-order valence-corrected chi connectivity index (χ4v) is 5.69. The van der Waals surface area contributed by atoms with Crippen molar-refractivity contribution in [2.24, 2.45) is 0 Å². The van der Waals surface area contributed by atoms with Crippen molar-refractivity contribution >= 4 is 11.4 Å². The number of hydrogen-bond acceptors (Lipinski definition) is 4. The Morgan fingerprint density at radius 3 is 1.67 bits per heavy atom. The Kier molecular flexibility index (Phi) is 19.6. The Morgan fingerprint density at radius 2 is 1.13 bits per heavy atom. The second kappa shape index (κ2) is 23.2. The van der Waals surface area contributed by atoms with E-state index >= 15 is 0 Å². The largest absolute Gasteiger partial charge is 0.494 e. The first-order valence-electron chi connectivity index (χ1n) is 18.0. The number of unbranched alkanes of at least 4 members (excludes halogenated alkanes) is 13. The van der Waals surface area contributed by atoms with Crippen molar-refractivity contribution in [3.05, 3.63) is 71.8 Å². The third-order valence-electron chi connectivity index (χ3n) is 8.66. The van der Waals surface area contributed by atoms with Crippen molar-refractivity contribution < 1.29 is 9.47 Å². The molecule has 0 aliphatic heterocycles. The van der Waals surface area contributed by atoms with E-state index in [0.717, 1.165) is 42.3 Å². The third-order valence-corrected chi connectivity index (χ3v) is 8.66. The number of rotatable bonds is 21. The molecule has 1 unspecified atom stereocenters. The van der Waals surface area contributed by atoms with Crippen molar-refractivity contribution in [1.82, 2.24) is 0 Å². The zero-order chi connectivity index (χ0) is 32.7. The van der Waals surface area contributed by atoms with Gasteiger partial charge in [0.1, 0.15) is 11.5 Å². The molecule has 250 valence electrons. The van der Waals surface area contributed by atoms with Crippen molar-refractivity contribution in [1.29, 1.82) is 0 Å². The first-order valence-corrected chi connectivity index (χ1v) is 18.0.